The first-order valence-electron chi connectivity index (χ1n) is 11.2. The Bertz CT molecular complexity index is 1100. The van der Waals surface area contributed by atoms with Gasteiger partial charge in [-0.15, -0.1) is 0 Å². The number of nitrogens with two attached hydrogens (primary N) is 1. The lowest BCUT2D eigenvalue weighted by Gasteiger charge is -2.28. The molecule has 10 heteroatoms. The molecule has 34 heavy (non-hydrogen) atoms. The molecule has 1 aliphatic heterocycles. The van der Waals surface area contributed by atoms with Crippen LogP contribution in [0.2, 0.25) is 0 Å². The number of nitrogens with one attached hydrogen (secondary N) is 1. The van der Waals surface area contributed by atoms with Crippen molar-refractivity contribution in [2.45, 2.75) is 50.9 Å². The van der Waals surface area contributed by atoms with Crippen LogP contribution in [0.3, 0.4) is 0 Å². The molecule has 6 nitrogen and oxygen atoms in total. The number of methoxy groups -OCH3 is 1. The van der Waals surface area contributed by atoms with E-state index in [1.165, 1.54) is 13.3 Å². The molecule has 1 unspecified atom stereocenters. The second kappa shape index (κ2) is 8.72. The molecule has 2 heterocycles. The largest absolute Gasteiger partial charge is 0.480 e. The third-order valence-electron chi connectivity index (χ3n) is 6.48. The number of hydrogen-bond donors (Lipinski definition) is 2. The molecule has 0 radical (unpaired) electrons. The average Bonchev–Trinajstić information content (AvgIpc) is 3.54. The number of aromatic nitrogens is 1. The van der Waals surface area contributed by atoms with Gasteiger partial charge in [-0.3, -0.25) is 4.79 Å². The van der Waals surface area contributed by atoms with E-state index in [0.717, 1.165) is 25.0 Å². The highest BCUT2D eigenvalue weighted by atomic mass is 19.4. The minimum atomic E-state index is -4.75. The Morgan fingerprint density at radius 3 is 2.59 bits per heavy atom. The van der Waals surface area contributed by atoms with E-state index in [9.17, 15) is 22.4 Å². The third kappa shape index (κ3) is 4.96. The highest BCUT2D eigenvalue weighted by Gasteiger charge is 2.37. The van der Waals surface area contributed by atoms with Gasteiger partial charge in [0.25, 0.3) is 5.91 Å². The van der Waals surface area contributed by atoms with Gasteiger partial charge in [-0.2, -0.15) is 13.2 Å². The van der Waals surface area contributed by atoms with Crippen LogP contribution < -0.4 is 20.7 Å². The average molecular weight is 481 g/mol. The predicted octanol–water partition coefficient (Wildman–Crippen LogP) is 4.37. The van der Waals surface area contributed by atoms with E-state index < -0.39 is 29.0 Å². The molecule has 3 N–H and O–H groups in total. The third-order valence-corrected chi connectivity index (χ3v) is 6.48. The van der Waals surface area contributed by atoms with Crippen LogP contribution >= 0.6 is 0 Å². The molecule has 2 fully saturated rings. The van der Waals surface area contributed by atoms with E-state index in [-0.39, 0.29) is 28.6 Å². The van der Waals surface area contributed by atoms with Crippen LogP contribution in [0.15, 0.2) is 24.4 Å². The number of rotatable bonds is 6. The number of carbonyl (C=O) groups is 1. The molecule has 184 valence electrons. The SMILES string of the molecule is COc1ncc(C(=O)NC(C)C2CC2)c(N2CC[C@](C)(N)C2)c1-c1cc(F)cc(C(F)(F)F)c1. The van der Waals surface area contributed by atoms with Crippen molar-refractivity contribution in [2.24, 2.45) is 11.7 Å². The van der Waals surface area contributed by atoms with Gasteiger partial charge in [0.2, 0.25) is 5.88 Å². The van der Waals surface area contributed by atoms with Crippen molar-refractivity contribution in [3.05, 3.63) is 41.3 Å². The van der Waals surface area contributed by atoms with E-state index in [1.54, 1.807) is 0 Å². The fraction of sp³-hybridized carbons (Fsp3) is 0.500. The standard InChI is InChI=1S/C24H28F4N4O2/c1-13(14-4-5-14)31-21(33)18-11-30-22(34-3)19(20(18)32-7-6-23(2,29)12-32)15-8-16(24(26,27)28)10-17(25)9-15/h8-11,13-14H,4-7,12,29H2,1-3H3,(H,31,33)/t13?,23-/m0/s1. The zero-order chi connectivity index (χ0) is 24.8. The summed E-state index contributed by atoms with van der Waals surface area (Å²) in [6.45, 7) is 4.60. The van der Waals surface area contributed by atoms with E-state index >= 15 is 0 Å². The zero-order valence-electron chi connectivity index (χ0n) is 19.3. The molecule has 2 aliphatic rings. The van der Waals surface area contributed by atoms with Gasteiger partial charge in [-0.1, -0.05) is 0 Å². The van der Waals surface area contributed by atoms with Crippen LogP contribution in [0.25, 0.3) is 11.1 Å². The molecule has 1 saturated heterocycles. The molecular formula is C24H28F4N4O2. The van der Waals surface area contributed by atoms with E-state index in [4.69, 9.17) is 10.5 Å². The normalized spacial score (nSPS) is 21.5. The molecule has 1 amide bonds. The minimum Gasteiger partial charge on any atom is -0.480 e. The summed E-state index contributed by atoms with van der Waals surface area (Å²) in [5, 5.41) is 2.97. The summed E-state index contributed by atoms with van der Waals surface area (Å²) in [5.41, 5.74) is 5.17. The van der Waals surface area contributed by atoms with Crippen molar-refractivity contribution < 1.29 is 27.1 Å². The number of carbonyl (C=O) groups excluding carboxylic acids is 1. The second-order valence-electron chi connectivity index (χ2n) is 9.56. The van der Waals surface area contributed by atoms with Crippen molar-refractivity contribution in [2.75, 3.05) is 25.1 Å². The van der Waals surface area contributed by atoms with Crippen LogP contribution in [0.5, 0.6) is 5.88 Å². The molecule has 4 rings (SSSR count). The van der Waals surface area contributed by atoms with Crippen LogP contribution in [0.1, 0.15) is 49.0 Å². The maximum Gasteiger partial charge on any atom is 0.416 e. The van der Waals surface area contributed by atoms with E-state index in [2.05, 4.69) is 10.3 Å². The molecule has 1 aromatic carbocycles. The van der Waals surface area contributed by atoms with Crippen molar-refractivity contribution in [3.63, 3.8) is 0 Å². The predicted molar refractivity (Wildman–Crippen MR) is 120 cm³/mol. The summed E-state index contributed by atoms with van der Waals surface area (Å²) >= 11 is 0. The fourth-order valence-corrected chi connectivity index (χ4v) is 4.47. The van der Waals surface area contributed by atoms with Crippen LogP contribution in [-0.2, 0) is 6.18 Å². The van der Waals surface area contributed by atoms with Gasteiger partial charge < -0.3 is 20.7 Å². The Labute approximate surface area is 195 Å². The lowest BCUT2D eigenvalue weighted by molar-refractivity contribution is -0.137. The van der Waals surface area contributed by atoms with Gasteiger partial charge in [0, 0.05) is 30.9 Å². The topological polar surface area (TPSA) is 80.5 Å². The quantitative estimate of drug-likeness (QED) is 0.601. The Morgan fingerprint density at radius 2 is 2.03 bits per heavy atom. The van der Waals surface area contributed by atoms with Gasteiger partial charge in [0.05, 0.1) is 29.5 Å². The van der Waals surface area contributed by atoms with E-state index in [1.807, 2.05) is 18.7 Å². The first-order chi connectivity index (χ1) is 15.9. The molecule has 1 aromatic heterocycles. The Morgan fingerprint density at radius 1 is 1.32 bits per heavy atom. The number of anilines is 1. The summed E-state index contributed by atoms with van der Waals surface area (Å²) < 4.78 is 60.2. The van der Waals surface area contributed by atoms with Crippen LogP contribution in [0.4, 0.5) is 23.2 Å². The van der Waals surface area contributed by atoms with Gasteiger partial charge in [-0.25, -0.2) is 9.37 Å². The lowest BCUT2D eigenvalue weighted by Crippen LogP contribution is -2.40. The Kier molecular flexibility index (Phi) is 6.22. The number of halogens is 4. The Hall–Kier alpha value is -2.88. The zero-order valence-corrected chi connectivity index (χ0v) is 19.3. The summed E-state index contributed by atoms with van der Waals surface area (Å²) in [5.74, 6) is -1.06. The molecule has 1 saturated carbocycles. The summed E-state index contributed by atoms with van der Waals surface area (Å²) in [6.07, 6.45) is -0.741. The number of benzene rings is 1. The number of alkyl halides is 3. The number of amides is 1. The summed E-state index contributed by atoms with van der Waals surface area (Å²) in [4.78, 5) is 19.3. The van der Waals surface area contributed by atoms with Gasteiger partial charge in [-0.05, 0) is 62.8 Å². The second-order valence-corrected chi connectivity index (χ2v) is 9.56. The van der Waals surface area contributed by atoms with Crippen molar-refractivity contribution >= 4 is 11.6 Å². The maximum atomic E-state index is 14.4. The van der Waals surface area contributed by atoms with Crippen molar-refractivity contribution in [1.82, 2.24) is 10.3 Å². The van der Waals surface area contributed by atoms with Gasteiger partial charge >= 0.3 is 6.18 Å². The minimum absolute atomic E-state index is 0.00820. The smallest absolute Gasteiger partial charge is 0.416 e. The Balaban J connectivity index is 1.91. The molecule has 0 bridgehead atoms. The number of pyridine rings is 1. The van der Waals surface area contributed by atoms with Gasteiger partial charge in [0.15, 0.2) is 0 Å². The monoisotopic (exact) mass is 480 g/mol. The highest BCUT2D eigenvalue weighted by Crippen LogP contribution is 2.44. The molecular weight excluding hydrogens is 452 g/mol. The van der Waals surface area contributed by atoms with Crippen LogP contribution in [-0.4, -0.2) is 42.7 Å². The van der Waals surface area contributed by atoms with Crippen molar-refractivity contribution in [3.8, 4) is 17.0 Å². The fourth-order valence-electron chi connectivity index (χ4n) is 4.47. The summed E-state index contributed by atoms with van der Waals surface area (Å²) in [6, 6.07) is 2.21. The molecule has 0 spiro atoms. The number of hydrogen-bond acceptors (Lipinski definition) is 5. The highest BCUT2D eigenvalue weighted by molar-refractivity contribution is 6.04. The van der Waals surface area contributed by atoms with Gasteiger partial charge in [0.1, 0.15) is 5.82 Å². The lowest BCUT2D eigenvalue weighted by atomic mass is 9.98. The molecule has 1 aliphatic carbocycles. The molecule has 2 aromatic rings. The van der Waals surface area contributed by atoms with Crippen molar-refractivity contribution in [1.29, 1.82) is 0 Å². The number of ether oxygens (including phenoxy) is 1. The number of nitrogens with zero attached hydrogens (tertiary/aromatic N) is 2. The maximum absolute atomic E-state index is 14.4. The van der Waals surface area contributed by atoms with Crippen LogP contribution in [0, 0.1) is 11.7 Å². The molecule has 2 atom stereocenters. The van der Waals surface area contributed by atoms with E-state index in [0.29, 0.717) is 37.2 Å². The first-order valence-corrected chi connectivity index (χ1v) is 11.2. The first kappa shape index (κ1) is 24.3. The summed E-state index contributed by atoms with van der Waals surface area (Å²) in [7, 11) is 1.32.